The number of halogens is 3. The summed E-state index contributed by atoms with van der Waals surface area (Å²) < 4.78 is 39.9. The van der Waals surface area contributed by atoms with Crippen molar-refractivity contribution in [2.45, 2.75) is 32.4 Å². The van der Waals surface area contributed by atoms with Crippen LogP contribution in [0.2, 0.25) is 0 Å². The van der Waals surface area contributed by atoms with Gasteiger partial charge in [0.25, 0.3) is 5.82 Å². The van der Waals surface area contributed by atoms with Gasteiger partial charge in [-0.25, -0.2) is 0 Å². The lowest BCUT2D eigenvalue weighted by atomic mass is 9.95. The zero-order chi connectivity index (χ0) is 21.3. The number of hydrogen-bond acceptors (Lipinski definition) is 5. The second-order valence-corrected chi connectivity index (χ2v) is 7.28. The molecule has 1 saturated heterocycles. The fourth-order valence-corrected chi connectivity index (χ4v) is 3.56. The summed E-state index contributed by atoms with van der Waals surface area (Å²) in [7, 11) is 0. The third-order valence-electron chi connectivity index (χ3n) is 5.32. The third kappa shape index (κ3) is 4.07. The number of amides is 1. The highest BCUT2D eigenvalue weighted by molar-refractivity contribution is 5.92. The van der Waals surface area contributed by atoms with Crippen LogP contribution in [0.5, 0.6) is 0 Å². The highest BCUT2D eigenvalue weighted by Gasteiger charge is 2.38. The van der Waals surface area contributed by atoms with E-state index >= 15 is 0 Å². The van der Waals surface area contributed by atoms with Crippen molar-refractivity contribution in [1.29, 1.82) is 0 Å². The molecule has 3 heterocycles. The summed E-state index contributed by atoms with van der Waals surface area (Å²) in [5.41, 5.74) is 2.00. The summed E-state index contributed by atoms with van der Waals surface area (Å²) in [6.07, 6.45) is -2.52. The molecule has 4 rings (SSSR count). The maximum Gasteiger partial charge on any atom is 0.453 e. The minimum absolute atomic E-state index is 0.0365. The molecule has 30 heavy (non-hydrogen) atoms. The second kappa shape index (κ2) is 7.92. The number of carbonyl (C=O) groups is 1. The molecule has 0 saturated carbocycles. The van der Waals surface area contributed by atoms with E-state index in [2.05, 4.69) is 27.5 Å². The van der Waals surface area contributed by atoms with Crippen molar-refractivity contribution in [1.82, 2.24) is 19.8 Å². The minimum Gasteiger partial charge on any atom is -0.355 e. The molecular weight excluding hydrogens is 397 g/mol. The molecule has 158 valence electrons. The average molecular weight is 418 g/mol. The van der Waals surface area contributed by atoms with E-state index in [0.29, 0.717) is 36.3 Å². The Hall–Kier alpha value is -3.17. The van der Waals surface area contributed by atoms with Gasteiger partial charge in [-0.3, -0.25) is 4.79 Å². The lowest BCUT2D eigenvalue weighted by molar-refractivity contribution is -0.146. The van der Waals surface area contributed by atoms with E-state index in [0.717, 1.165) is 12.1 Å². The van der Waals surface area contributed by atoms with Crippen LogP contribution >= 0.6 is 0 Å². The van der Waals surface area contributed by atoms with Gasteiger partial charge in [-0.15, -0.1) is 15.3 Å². The number of nitrogens with one attached hydrogen (secondary N) is 1. The molecule has 2 aromatic heterocycles. The van der Waals surface area contributed by atoms with E-state index < -0.39 is 12.0 Å². The average Bonchev–Trinajstić information content (AvgIpc) is 3.18. The summed E-state index contributed by atoms with van der Waals surface area (Å²) in [6, 6.07) is 10.8. The topological polar surface area (TPSA) is 75.4 Å². The molecule has 1 N–H and O–H groups in total. The van der Waals surface area contributed by atoms with Crippen molar-refractivity contribution in [3.05, 3.63) is 47.8 Å². The van der Waals surface area contributed by atoms with Crippen LogP contribution in [0, 0.1) is 5.92 Å². The predicted molar refractivity (Wildman–Crippen MR) is 105 cm³/mol. The van der Waals surface area contributed by atoms with Crippen molar-refractivity contribution in [3.63, 3.8) is 0 Å². The van der Waals surface area contributed by atoms with Gasteiger partial charge in [0.15, 0.2) is 5.65 Å². The van der Waals surface area contributed by atoms with Crippen molar-refractivity contribution in [2.24, 2.45) is 5.92 Å². The molecule has 10 heteroatoms. The van der Waals surface area contributed by atoms with Gasteiger partial charge in [0.2, 0.25) is 5.91 Å². The second-order valence-electron chi connectivity index (χ2n) is 7.28. The Labute approximate surface area is 170 Å². The molecule has 1 fully saturated rings. The lowest BCUT2D eigenvalue weighted by Gasteiger charge is -2.32. The van der Waals surface area contributed by atoms with Crippen LogP contribution in [0.3, 0.4) is 0 Å². The van der Waals surface area contributed by atoms with Crippen molar-refractivity contribution < 1.29 is 18.0 Å². The maximum absolute atomic E-state index is 13.1. The first kappa shape index (κ1) is 20.1. The van der Waals surface area contributed by atoms with E-state index in [1.54, 1.807) is 6.07 Å². The number of aryl methyl sites for hydroxylation is 1. The SMILES string of the molecule is CCc1ccc(NC(=O)C2CCN(c3ccc4nnc(C(F)(F)F)n4n3)CC2)cc1. The van der Waals surface area contributed by atoms with Crippen molar-refractivity contribution in [2.75, 3.05) is 23.3 Å². The standard InChI is InChI=1S/C20H21F3N6O/c1-2-13-3-5-15(6-4-13)24-18(30)14-9-11-28(12-10-14)17-8-7-16-25-26-19(20(21,22)23)29(16)27-17/h3-8,14H,2,9-12H2,1H3,(H,24,30). The van der Waals surface area contributed by atoms with E-state index in [-0.39, 0.29) is 17.5 Å². The Morgan fingerprint density at radius 1 is 1.10 bits per heavy atom. The highest BCUT2D eigenvalue weighted by atomic mass is 19.4. The summed E-state index contributed by atoms with van der Waals surface area (Å²) >= 11 is 0. The molecule has 0 bridgehead atoms. The molecule has 0 unspecified atom stereocenters. The molecule has 1 aromatic carbocycles. The number of fused-ring (bicyclic) bond motifs is 1. The van der Waals surface area contributed by atoms with Crippen molar-refractivity contribution >= 4 is 23.1 Å². The van der Waals surface area contributed by atoms with E-state index in [1.165, 1.54) is 11.6 Å². The number of alkyl halides is 3. The van der Waals surface area contributed by atoms with Crippen LogP contribution < -0.4 is 10.2 Å². The fourth-order valence-electron chi connectivity index (χ4n) is 3.56. The summed E-state index contributed by atoms with van der Waals surface area (Å²) in [5.74, 6) is -0.943. The van der Waals surface area contributed by atoms with E-state index in [4.69, 9.17) is 0 Å². The third-order valence-corrected chi connectivity index (χ3v) is 5.32. The van der Waals surface area contributed by atoms with E-state index in [1.807, 2.05) is 29.2 Å². The van der Waals surface area contributed by atoms with Gasteiger partial charge in [-0.2, -0.15) is 17.7 Å². The van der Waals surface area contributed by atoms with Crippen LogP contribution in [0.1, 0.15) is 31.2 Å². The Morgan fingerprint density at radius 3 is 2.43 bits per heavy atom. The molecule has 0 aliphatic carbocycles. The zero-order valence-corrected chi connectivity index (χ0v) is 16.4. The molecular formula is C20H21F3N6O. The number of carbonyl (C=O) groups excluding carboxylic acids is 1. The van der Waals surface area contributed by atoms with Crippen LogP contribution in [-0.4, -0.2) is 38.8 Å². The predicted octanol–water partition coefficient (Wildman–Crippen LogP) is 3.56. The first-order chi connectivity index (χ1) is 14.3. The number of aromatic nitrogens is 4. The molecule has 0 radical (unpaired) electrons. The van der Waals surface area contributed by atoms with Gasteiger partial charge in [0.1, 0.15) is 5.82 Å². The number of anilines is 2. The lowest BCUT2D eigenvalue weighted by Crippen LogP contribution is -2.38. The number of rotatable bonds is 4. The summed E-state index contributed by atoms with van der Waals surface area (Å²) in [5, 5.41) is 13.7. The number of benzene rings is 1. The largest absolute Gasteiger partial charge is 0.453 e. The molecule has 1 aliphatic heterocycles. The van der Waals surface area contributed by atoms with Gasteiger partial charge in [-0.1, -0.05) is 19.1 Å². The fraction of sp³-hybridized carbons (Fsp3) is 0.400. The maximum atomic E-state index is 13.1. The number of nitrogens with zero attached hydrogens (tertiary/aromatic N) is 5. The first-order valence-electron chi connectivity index (χ1n) is 9.79. The van der Waals surface area contributed by atoms with Crippen LogP contribution in [0.4, 0.5) is 24.7 Å². The minimum atomic E-state index is -4.63. The van der Waals surface area contributed by atoms with Gasteiger partial charge in [0, 0.05) is 24.7 Å². The van der Waals surface area contributed by atoms with Gasteiger partial charge in [-0.05, 0) is 49.1 Å². The van der Waals surface area contributed by atoms with Crippen molar-refractivity contribution in [3.8, 4) is 0 Å². The highest BCUT2D eigenvalue weighted by Crippen LogP contribution is 2.29. The van der Waals surface area contributed by atoms with Gasteiger partial charge in [0.05, 0.1) is 0 Å². The molecule has 1 aliphatic rings. The Morgan fingerprint density at radius 2 is 1.80 bits per heavy atom. The molecule has 3 aromatic rings. The van der Waals surface area contributed by atoms with Gasteiger partial charge < -0.3 is 10.2 Å². The van der Waals surface area contributed by atoms with Gasteiger partial charge >= 0.3 is 6.18 Å². The molecule has 1 amide bonds. The quantitative estimate of drug-likeness (QED) is 0.701. The zero-order valence-electron chi connectivity index (χ0n) is 16.4. The van der Waals surface area contributed by atoms with Crippen LogP contribution in [0.15, 0.2) is 36.4 Å². The van der Waals surface area contributed by atoms with Crippen LogP contribution in [-0.2, 0) is 17.4 Å². The summed E-state index contributed by atoms with van der Waals surface area (Å²) in [6.45, 7) is 3.12. The molecule has 0 spiro atoms. The van der Waals surface area contributed by atoms with E-state index in [9.17, 15) is 18.0 Å². The summed E-state index contributed by atoms with van der Waals surface area (Å²) in [4.78, 5) is 14.4. The number of piperidine rings is 1. The number of hydrogen-bond donors (Lipinski definition) is 1. The first-order valence-corrected chi connectivity index (χ1v) is 9.79. The smallest absolute Gasteiger partial charge is 0.355 e. The Kier molecular flexibility index (Phi) is 5.31. The monoisotopic (exact) mass is 418 g/mol. The molecule has 0 atom stereocenters. The molecule has 7 nitrogen and oxygen atoms in total. The Bertz CT molecular complexity index is 1040. The normalized spacial score (nSPS) is 15.5. The van der Waals surface area contributed by atoms with Crippen LogP contribution in [0.25, 0.3) is 5.65 Å². The Balaban J connectivity index is 1.41.